The summed E-state index contributed by atoms with van der Waals surface area (Å²) in [4.78, 5) is 16.2. The smallest absolute Gasteiger partial charge is 0.181 e. The van der Waals surface area contributed by atoms with Crippen LogP contribution in [0.5, 0.6) is 0 Å². The molecule has 31 heavy (non-hydrogen) atoms. The van der Waals surface area contributed by atoms with Gasteiger partial charge >= 0.3 is 0 Å². The Balaban J connectivity index is 1.37. The van der Waals surface area contributed by atoms with E-state index >= 15 is 0 Å². The molecule has 5 rings (SSSR count). The fraction of sp³-hybridized carbons (Fsp3) is 0.250. The van der Waals surface area contributed by atoms with Crippen LogP contribution in [0.15, 0.2) is 73.1 Å². The molecule has 3 heterocycles. The Hall–Kier alpha value is -3.09. The quantitative estimate of drug-likeness (QED) is 0.457. The number of likely N-dealkylation sites (tertiary alicyclic amines) is 1. The maximum Gasteiger partial charge on any atom is 0.181 e. The van der Waals surface area contributed by atoms with Crippen LogP contribution in [0.3, 0.4) is 0 Å². The summed E-state index contributed by atoms with van der Waals surface area (Å²) >= 11 is 6.05. The second-order valence-electron chi connectivity index (χ2n) is 7.76. The normalized spacial score (nSPS) is 15.3. The lowest BCUT2D eigenvalue weighted by molar-refractivity contribution is 0.196. The van der Waals surface area contributed by atoms with Gasteiger partial charge in [-0.3, -0.25) is 4.90 Å². The van der Waals surface area contributed by atoms with Gasteiger partial charge in [0.1, 0.15) is 11.6 Å². The minimum Gasteiger partial charge on any atom is -0.296 e. The molecule has 0 radical (unpaired) electrons. The van der Waals surface area contributed by atoms with E-state index in [2.05, 4.69) is 27.0 Å². The number of nitrogens with zero attached hydrogens (tertiary/aromatic N) is 6. The van der Waals surface area contributed by atoms with Crippen LogP contribution in [-0.2, 0) is 6.54 Å². The second kappa shape index (κ2) is 8.96. The zero-order valence-electron chi connectivity index (χ0n) is 17.1. The van der Waals surface area contributed by atoms with Crippen LogP contribution >= 0.6 is 11.6 Å². The first-order valence-corrected chi connectivity index (χ1v) is 10.9. The van der Waals surface area contributed by atoms with Gasteiger partial charge in [-0.1, -0.05) is 29.8 Å². The number of rotatable bonds is 5. The maximum atomic E-state index is 6.05. The van der Waals surface area contributed by atoms with Gasteiger partial charge in [-0.15, -0.1) is 5.10 Å². The van der Waals surface area contributed by atoms with E-state index in [1.807, 2.05) is 65.6 Å². The summed E-state index contributed by atoms with van der Waals surface area (Å²) in [7, 11) is 0. The zero-order chi connectivity index (χ0) is 21.0. The van der Waals surface area contributed by atoms with Crippen LogP contribution in [0, 0.1) is 0 Å². The van der Waals surface area contributed by atoms with Crippen molar-refractivity contribution >= 4 is 11.6 Å². The number of halogens is 1. The van der Waals surface area contributed by atoms with E-state index < -0.39 is 0 Å². The first-order valence-electron chi connectivity index (χ1n) is 10.5. The Morgan fingerprint density at radius 1 is 0.871 bits per heavy atom. The third kappa shape index (κ3) is 4.50. The highest BCUT2D eigenvalue weighted by atomic mass is 35.5. The molecule has 0 unspecified atom stereocenters. The lowest BCUT2D eigenvalue weighted by atomic mass is 9.96. The Bertz CT molecular complexity index is 1120. The summed E-state index contributed by atoms with van der Waals surface area (Å²) in [5, 5.41) is 5.53. The van der Waals surface area contributed by atoms with E-state index in [0.717, 1.165) is 55.4 Å². The molecule has 0 bridgehead atoms. The van der Waals surface area contributed by atoms with Crippen LogP contribution < -0.4 is 0 Å². The van der Waals surface area contributed by atoms with Gasteiger partial charge in [0, 0.05) is 28.9 Å². The second-order valence-corrected chi connectivity index (χ2v) is 8.20. The molecule has 2 aromatic heterocycles. The van der Waals surface area contributed by atoms with E-state index in [4.69, 9.17) is 21.7 Å². The molecule has 6 nitrogen and oxygen atoms in total. The first-order chi connectivity index (χ1) is 15.3. The summed E-state index contributed by atoms with van der Waals surface area (Å²) in [6, 6.07) is 19.7. The fourth-order valence-electron chi connectivity index (χ4n) is 4.01. The van der Waals surface area contributed by atoms with Gasteiger partial charge in [0.05, 0.1) is 12.2 Å². The molecular weight excluding hydrogens is 408 g/mol. The monoisotopic (exact) mass is 430 g/mol. The highest BCUT2D eigenvalue weighted by molar-refractivity contribution is 6.30. The highest BCUT2D eigenvalue weighted by Gasteiger charge is 2.24. The molecule has 0 spiro atoms. The van der Waals surface area contributed by atoms with Crippen molar-refractivity contribution in [1.29, 1.82) is 0 Å². The van der Waals surface area contributed by atoms with E-state index in [1.54, 1.807) is 0 Å². The molecular formula is C24H23ClN6. The number of hydrogen-bond acceptors (Lipinski definition) is 5. The van der Waals surface area contributed by atoms with E-state index in [1.165, 1.54) is 0 Å². The van der Waals surface area contributed by atoms with Crippen molar-refractivity contribution in [2.45, 2.75) is 25.3 Å². The Morgan fingerprint density at radius 2 is 1.58 bits per heavy atom. The molecule has 0 amide bonds. The summed E-state index contributed by atoms with van der Waals surface area (Å²) in [5.74, 6) is 3.03. The Labute approximate surface area is 186 Å². The number of hydrogen-bond donors (Lipinski definition) is 0. The zero-order valence-corrected chi connectivity index (χ0v) is 17.9. The molecule has 0 saturated carbocycles. The van der Waals surface area contributed by atoms with Crippen LogP contribution in [0.4, 0.5) is 0 Å². The van der Waals surface area contributed by atoms with Crippen molar-refractivity contribution in [1.82, 2.24) is 29.6 Å². The topological polar surface area (TPSA) is 59.7 Å². The number of aromatic nitrogens is 5. The van der Waals surface area contributed by atoms with Crippen molar-refractivity contribution in [3.05, 3.63) is 89.7 Å². The molecule has 0 N–H and O–H groups in total. The molecule has 2 aromatic carbocycles. The molecule has 0 atom stereocenters. The molecule has 1 fully saturated rings. The average Bonchev–Trinajstić information content (AvgIpc) is 3.25. The van der Waals surface area contributed by atoms with Gasteiger partial charge in [0.15, 0.2) is 5.82 Å². The Kier molecular flexibility index (Phi) is 5.74. The number of para-hydroxylation sites is 1. The lowest BCUT2D eigenvalue weighted by Gasteiger charge is -2.30. The van der Waals surface area contributed by atoms with Crippen molar-refractivity contribution in [2.75, 3.05) is 13.1 Å². The van der Waals surface area contributed by atoms with Gasteiger partial charge in [0.2, 0.25) is 0 Å². The minimum atomic E-state index is 0.425. The first kappa shape index (κ1) is 19.8. The van der Waals surface area contributed by atoms with E-state index in [9.17, 15) is 0 Å². The van der Waals surface area contributed by atoms with E-state index in [0.29, 0.717) is 16.8 Å². The molecule has 1 aliphatic rings. The average molecular weight is 431 g/mol. The predicted molar refractivity (Wildman–Crippen MR) is 121 cm³/mol. The molecule has 1 saturated heterocycles. The lowest BCUT2D eigenvalue weighted by Crippen LogP contribution is -2.33. The molecule has 156 valence electrons. The standard InChI is InChI=1S/C24H23ClN6/c25-20-9-7-18(8-10-20)24-28-22(31(29-24)21-5-2-1-3-6-21)17-30-15-11-19(12-16-30)23-26-13-4-14-27-23/h1-10,13-14,19H,11-12,15-17H2. The summed E-state index contributed by atoms with van der Waals surface area (Å²) in [6.07, 6.45) is 5.76. The molecule has 0 aliphatic carbocycles. The fourth-order valence-corrected chi connectivity index (χ4v) is 4.14. The van der Waals surface area contributed by atoms with Gasteiger partial charge in [-0.05, 0) is 68.4 Å². The summed E-state index contributed by atoms with van der Waals surface area (Å²) < 4.78 is 1.95. The van der Waals surface area contributed by atoms with Crippen molar-refractivity contribution in [3.63, 3.8) is 0 Å². The maximum absolute atomic E-state index is 6.05. The van der Waals surface area contributed by atoms with Gasteiger partial charge in [-0.25, -0.2) is 19.6 Å². The van der Waals surface area contributed by atoms with Crippen molar-refractivity contribution < 1.29 is 0 Å². The summed E-state index contributed by atoms with van der Waals surface area (Å²) in [5.41, 5.74) is 1.97. The predicted octanol–water partition coefficient (Wildman–Crippen LogP) is 4.76. The van der Waals surface area contributed by atoms with Crippen LogP contribution in [0.2, 0.25) is 5.02 Å². The molecule has 7 heteroatoms. The van der Waals surface area contributed by atoms with Gasteiger partial charge in [0.25, 0.3) is 0 Å². The van der Waals surface area contributed by atoms with Crippen LogP contribution in [0.25, 0.3) is 17.1 Å². The van der Waals surface area contributed by atoms with Crippen LogP contribution in [0.1, 0.15) is 30.4 Å². The SMILES string of the molecule is Clc1ccc(-c2nc(CN3CCC(c4ncccn4)CC3)n(-c3ccccc3)n2)cc1. The van der Waals surface area contributed by atoms with Crippen molar-refractivity contribution in [2.24, 2.45) is 0 Å². The molecule has 4 aromatic rings. The number of piperidine rings is 1. The summed E-state index contributed by atoms with van der Waals surface area (Å²) in [6.45, 7) is 2.72. The third-order valence-electron chi connectivity index (χ3n) is 5.68. The van der Waals surface area contributed by atoms with Gasteiger partial charge in [-0.2, -0.15) is 0 Å². The van der Waals surface area contributed by atoms with E-state index in [-0.39, 0.29) is 0 Å². The number of benzene rings is 2. The largest absolute Gasteiger partial charge is 0.296 e. The Morgan fingerprint density at radius 3 is 2.29 bits per heavy atom. The van der Waals surface area contributed by atoms with Crippen molar-refractivity contribution in [3.8, 4) is 17.1 Å². The van der Waals surface area contributed by atoms with Gasteiger partial charge < -0.3 is 0 Å². The minimum absolute atomic E-state index is 0.425. The van der Waals surface area contributed by atoms with Crippen LogP contribution in [-0.4, -0.2) is 42.7 Å². The third-order valence-corrected chi connectivity index (χ3v) is 5.93. The molecule has 1 aliphatic heterocycles. The highest BCUT2D eigenvalue weighted by Crippen LogP contribution is 2.27.